The zero-order valence-electron chi connectivity index (χ0n) is 14.1. The topological polar surface area (TPSA) is 99.2 Å². The van der Waals surface area contributed by atoms with E-state index in [1.54, 1.807) is 25.1 Å². The van der Waals surface area contributed by atoms with E-state index in [0.29, 0.717) is 4.90 Å². The van der Waals surface area contributed by atoms with Gasteiger partial charge in [-0.3, -0.25) is 9.59 Å². The largest absolute Gasteiger partial charge is 0.491 e. The third-order valence-corrected chi connectivity index (χ3v) is 4.00. The van der Waals surface area contributed by atoms with E-state index >= 15 is 0 Å². The van der Waals surface area contributed by atoms with E-state index < -0.39 is 29.9 Å². The van der Waals surface area contributed by atoms with Gasteiger partial charge in [-0.25, -0.2) is 14.5 Å². The second-order valence-corrected chi connectivity index (χ2v) is 5.52. The van der Waals surface area contributed by atoms with Crippen LogP contribution < -0.4 is 0 Å². The highest BCUT2D eigenvalue weighted by atomic mass is 16.5. The maximum Gasteiger partial charge on any atom is 0.358 e. The number of hydrogen-bond donors (Lipinski definition) is 0. The Morgan fingerprint density at radius 2 is 1.81 bits per heavy atom. The quantitative estimate of drug-likeness (QED) is 0.338. The van der Waals surface area contributed by atoms with Gasteiger partial charge in [-0.05, 0) is 25.1 Å². The molecule has 26 heavy (non-hydrogen) atoms. The molecule has 0 N–H and O–H groups in total. The lowest BCUT2D eigenvalue weighted by Crippen LogP contribution is -2.34. The van der Waals surface area contributed by atoms with Gasteiger partial charge in [0.1, 0.15) is 19.0 Å². The summed E-state index contributed by atoms with van der Waals surface area (Å²) >= 11 is 0. The number of ether oxygens (including phenoxy) is 3. The van der Waals surface area contributed by atoms with Crippen LogP contribution in [-0.4, -0.2) is 48.5 Å². The predicted molar refractivity (Wildman–Crippen MR) is 86.6 cm³/mol. The van der Waals surface area contributed by atoms with Crippen LogP contribution in [0.3, 0.4) is 0 Å². The SMILES string of the molecule is COC(=O)/C(=C/O[C@@H](C)C1=CCOC1=O)N1C(=O)c2ccccc2C1=O. The van der Waals surface area contributed by atoms with Crippen molar-refractivity contribution in [2.45, 2.75) is 13.0 Å². The lowest BCUT2D eigenvalue weighted by molar-refractivity contribution is -0.137. The van der Waals surface area contributed by atoms with Gasteiger partial charge in [0.2, 0.25) is 0 Å². The summed E-state index contributed by atoms with van der Waals surface area (Å²) in [6.45, 7) is 1.72. The molecule has 0 aliphatic carbocycles. The molecule has 0 aromatic heterocycles. The second kappa shape index (κ2) is 6.83. The minimum atomic E-state index is -0.922. The van der Waals surface area contributed by atoms with Gasteiger partial charge in [0.05, 0.1) is 23.8 Å². The van der Waals surface area contributed by atoms with Gasteiger partial charge in [0.25, 0.3) is 11.8 Å². The van der Waals surface area contributed by atoms with E-state index in [1.807, 2.05) is 0 Å². The number of esters is 2. The van der Waals surface area contributed by atoms with Crippen molar-refractivity contribution in [2.24, 2.45) is 0 Å². The summed E-state index contributed by atoms with van der Waals surface area (Å²) in [5.41, 5.74) is 0.273. The fourth-order valence-electron chi connectivity index (χ4n) is 2.65. The lowest BCUT2D eigenvalue weighted by atomic mass is 10.1. The van der Waals surface area contributed by atoms with Gasteiger partial charge in [-0.15, -0.1) is 0 Å². The van der Waals surface area contributed by atoms with Crippen LogP contribution in [0.15, 0.2) is 47.9 Å². The van der Waals surface area contributed by atoms with Crippen LogP contribution >= 0.6 is 0 Å². The first kappa shape index (κ1) is 17.4. The Kier molecular flexibility index (Phi) is 4.57. The van der Waals surface area contributed by atoms with Crippen molar-refractivity contribution in [3.63, 3.8) is 0 Å². The molecule has 2 amide bonds. The first-order chi connectivity index (χ1) is 12.5. The number of carbonyl (C=O) groups is 4. The molecule has 2 heterocycles. The molecule has 2 aliphatic heterocycles. The smallest absolute Gasteiger partial charge is 0.358 e. The zero-order valence-corrected chi connectivity index (χ0v) is 14.1. The molecule has 1 aromatic carbocycles. The average Bonchev–Trinajstić information content (AvgIpc) is 3.18. The minimum Gasteiger partial charge on any atom is -0.491 e. The fourth-order valence-corrected chi connectivity index (χ4v) is 2.65. The molecule has 0 spiro atoms. The number of imide groups is 1. The number of cyclic esters (lactones) is 1. The number of hydrogen-bond acceptors (Lipinski definition) is 7. The van der Waals surface area contributed by atoms with Crippen molar-refractivity contribution >= 4 is 23.8 Å². The maximum atomic E-state index is 12.5. The van der Waals surface area contributed by atoms with E-state index in [0.717, 1.165) is 13.4 Å². The molecule has 0 fully saturated rings. The predicted octanol–water partition coefficient (Wildman–Crippen LogP) is 1.19. The van der Waals surface area contributed by atoms with Crippen molar-refractivity contribution in [1.82, 2.24) is 4.90 Å². The lowest BCUT2D eigenvalue weighted by Gasteiger charge is -2.17. The van der Waals surface area contributed by atoms with Crippen molar-refractivity contribution < 1.29 is 33.4 Å². The standard InChI is InChI=1S/C18H15NO7/c1-10(11-7-8-25-17(11)22)26-9-14(18(23)24-2)19-15(20)12-5-3-4-6-13(12)16(19)21/h3-7,9-10H,8H2,1-2H3/b14-9-/t10-/m0/s1. The second-order valence-electron chi connectivity index (χ2n) is 5.52. The normalized spacial score (nSPS) is 17.6. The number of fused-ring (bicyclic) bond motifs is 1. The highest BCUT2D eigenvalue weighted by molar-refractivity contribution is 6.24. The van der Waals surface area contributed by atoms with Crippen LogP contribution in [0.5, 0.6) is 0 Å². The molecule has 0 bridgehead atoms. The molecule has 0 radical (unpaired) electrons. The summed E-state index contributed by atoms with van der Waals surface area (Å²) in [6, 6.07) is 6.22. The van der Waals surface area contributed by atoms with E-state index in [-0.39, 0.29) is 29.0 Å². The average molecular weight is 357 g/mol. The van der Waals surface area contributed by atoms with Gasteiger partial charge in [0, 0.05) is 0 Å². The maximum absolute atomic E-state index is 12.5. The highest BCUT2D eigenvalue weighted by Gasteiger charge is 2.40. The number of amides is 2. The third kappa shape index (κ3) is 2.85. The molecular weight excluding hydrogens is 342 g/mol. The monoisotopic (exact) mass is 357 g/mol. The van der Waals surface area contributed by atoms with Gasteiger partial charge in [-0.1, -0.05) is 12.1 Å². The first-order valence-electron chi connectivity index (χ1n) is 7.74. The van der Waals surface area contributed by atoms with Crippen molar-refractivity contribution in [2.75, 3.05) is 13.7 Å². The van der Waals surface area contributed by atoms with Crippen LogP contribution in [0, 0.1) is 0 Å². The number of nitrogens with zero attached hydrogens (tertiary/aromatic N) is 1. The van der Waals surface area contributed by atoms with E-state index in [4.69, 9.17) is 9.47 Å². The summed E-state index contributed by atoms with van der Waals surface area (Å²) in [5.74, 6) is -2.75. The Labute approximate surface area is 148 Å². The van der Waals surface area contributed by atoms with Crippen LogP contribution in [-0.2, 0) is 23.8 Å². The Morgan fingerprint density at radius 3 is 2.31 bits per heavy atom. The van der Waals surface area contributed by atoms with E-state index in [2.05, 4.69) is 4.74 Å². The first-order valence-corrected chi connectivity index (χ1v) is 7.74. The Hall–Kier alpha value is -3.42. The van der Waals surface area contributed by atoms with Crippen molar-refractivity contribution in [1.29, 1.82) is 0 Å². The molecule has 1 aromatic rings. The molecule has 3 rings (SSSR count). The molecule has 8 heteroatoms. The zero-order chi connectivity index (χ0) is 18.8. The highest BCUT2D eigenvalue weighted by Crippen LogP contribution is 2.27. The summed E-state index contributed by atoms with van der Waals surface area (Å²) in [5, 5.41) is 0. The number of methoxy groups -OCH3 is 1. The van der Waals surface area contributed by atoms with E-state index in [9.17, 15) is 19.2 Å². The molecule has 1 atom stereocenters. The molecular formula is C18H15NO7. The van der Waals surface area contributed by atoms with Gasteiger partial charge in [-0.2, -0.15) is 0 Å². The molecule has 0 unspecified atom stereocenters. The molecule has 0 saturated heterocycles. The van der Waals surface area contributed by atoms with Crippen molar-refractivity contribution in [3.05, 3.63) is 59.0 Å². The van der Waals surface area contributed by atoms with Crippen LogP contribution in [0.4, 0.5) is 0 Å². The Morgan fingerprint density at radius 1 is 1.19 bits per heavy atom. The summed E-state index contributed by atoms with van der Waals surface area (Å²) in [7, 11) is 1.12. The number of benzene rings is 1. The Bertz CT molecular complexity index is 833. The Balaban J connectivity index is 1.90. The number of rotatable bonds is 5. The van der Waals surface area contributed by atoms with Crippen LogP contribution in [0.25, 0.3) is 0 Å². The third-order valence-electron chi connectivity index (χ3n) is 4.00. The molecule has 2 aliphatic rings. The van der Waals surface area contributed by atoms with Gasteiger partial charge in [0.15, 0.2) is 5.70 Å². The fraction of sp³-hybridized carbons (Fsp3) is 0.222. The van der Waals surface area contributed by atoms with E-state index in [1.165, 1.54) is 12.1 Å². The minimum absolute atomic E-state index is 0.147. The number of carbonyl (C=O) groups excluding carboxylic acids is 4. The van der Waals surface area contributed by atoms with Crippen LogP contribution in [0.2, 0.25) is 0 Å². The summed E-state index contributed by atoms with van der Waals surface area (Å²) in [4.78, 5) is 49.4. The summed E-state index contributed by atoms with van der Waals surface area (Å²) < 4.78 is 14.9. The molecule has 134 valence electrons. The molecule has 0 saturated carbocycles. The van der Waals surface area contributed by atoms with Gasteiger partial charge < -0.3 is 14.2 Å². The van der Waals surface area contributed by atoms with Gasteiger partial charge >= 0.3 is 11.9 Å². The summed E-state index contributed by atoms with van der Waals surface area (Å²) in [6.07, 6.45) is 1.77. The molecule has 8 nitrogen and oxygen atoms in total. The van der Waals surface area contributed by atoms with Crippen molar-refractivity contribution in [3.8, 4) is 0 Å². The van der Waals surface area contributed by atoms with Crippen LogP contribution in [0.1, 0.15) is 27.6 Å².